The first kappa shape index (κ1) is 37.9. The molecule has 1 saturated heterocycles. The van der Waals surface area contributed by atoms with E-state index in [1.807, 2.05) is 0 Å². The lowest BCUT2D eigenvalue weighted by Crippen LogP contribution is -2.58. The van der Waals surface area contributed by atoms with E-state index in [4.69, 9.17) is 4.74 Å². The Bertz CT molecular complexity index is 938. The van der Waals surface area contributed by atoms with Crippen LogP contribution in [0.4, 0.5) is 4.79 Å². The van der Waals surface area contributed by atoms with Gasteiger partial charge in [-0.1, -0.05) is 51.7 Å². The number of hydrogen-bond donors (Lipinski definition) is 3. The third-order valence-corrected chi connectivity index (χ3v) is 7.28. The largest absolute Gasteiger partial charge is 0.444 e. The molecule has 3 atom stereocenters. The van der Waals surface area contributed by atoms with E-state index in [2.05, 4.69) is 43.0 Å². The maximum absolute atomic E-state index is 13.9. The third-order valence-electron chi connectivity index (χ3n) is 7.28. The monoisotopic (exact) mass is 604 g/mol. The van der Waals surface area contributed by atoms with Crippen molar-refractivity contribution < 1.29 is 28.7 Å². The quantitative estimate of drug-likeness (QED) is 0.146. The number of unbranched alkanes of at least 4 members (excludes halogenated alkanes) is 1. The van der Waals surface area contributed by atoms with E-state index in [0.29, 0.717) is 45.2 Å². The number of carbonyl (C=O) groups is 5. The van der Waals surface area contributed by atoms with Gasteiger partial charge in [-0.2, -0.15) is 0 Å². The van der Waals surface area contributed by atoms with Gasteiger partial charge >= 0.3 is 6.09 Å². The molecule has 1 aliphatic heterocycles. The van der Waals surface area contributed by atoms with E-state index in [1.54, 1.807) is 32.9 Å². The minimum absolute atomic E-state index is 0.0511. The molecule has 0 spiro atoms. The van der Waals surface area contributed by atoms with Crippen LogP contribution in [0.15, 0.2) is 25.3 Å². The molecule has 1 heterocycles. The molecule has 0 aromatic carbocycles. The molecule has 244 valence electrons. The van der Waals surface area contributed by atoms with Gasteiger partial charge in [0.25, 0.3) is 5.91 Å². The lowest BCUT2D eigenvalue weighted by molar-refractivity contribution is -0.143. The van der Waals surface area contributed by atoms with Gasteiger partial charge in [0.1, 0.15) is 17.7 Å². The average molecular weight is 605 g/mol. The fourth-order valence-electron chi connectivity index (χ4n) is 5.28. The Morgan fingerprint density at radius 1 is 0.930 bits per heavy atom. The van der Waals surface area contributed by atoms with Crippen molar-refractivity contribution in [3.8, 4) is 0 Å². The third kappa shape index (κ3) is 13.8. The molecule has 1 saturated carbocycles. The minimum Gasteiger partial charge on any atom is -0.444 e. The van der Waals surface area contributed by atoms with E-state index in [9.17, 15) is 24.0 Å². The fourth-order valence-corrected chi connectivity index (χ4v) is 5.28. The second-order valence-corrected chi connectivity index (χ2v) is 12.4. The van der Waals surface area contributed by atoms with Gasteiger partial charge in [0.2, 0.25) is 17.6 Å². The molecule has 4 amide bonds. The summed E-state index contributed by atoms with van der Waals surface area (Å²) < 4.78 is 5.44. The number of likely N-dealkylation sites (tertiary alicyclic amines) is 1. The Hall–Kier alpha value is -3.17. The van der Waals surface area contributed by atoms with Gasteiger partial charge in [-0.25, -0.2) is 4.79 Å². The zero-order valence-corrected chi connectivity index (χ0v) is 27.2. The van der Waals surface area contributed by atoms with Crippen LogP contribution in [0.5, 0.6) is 0 Å². The summed E-state index contributed by atoms with van der Waals surface area (Å²) in [7, 11) is 0. The number of ketones is 1. The van der Waals surface area contributed by atoms with Gasteiger partial charge in [0, 0.05) is 13.1 Å². The first-order chi connectivity index (χ1) is 20.4. The summed E-state index contributed by atoms with van der Waals surface area (Å²) in [5.41, 5.74) is -0.717. The van der Waals surface area contributed by atoms with Gasteiger partial charge in [0.05, 0.1) is 6.04 Å². The Morgan fingerprint density at radius 3 is 2.14 bits per heavy atom. The first-order valence-electron chi connectivity index (χ1n) is 16.0. The average Bonchev–Trinajstić information content (AvgIpc) is 3.45. The standard InChI is InChI=1S/C30H48N4O6.C3H8/c1-6-8-13-19-31-27(37)25(35)22(17-9-7-2)32-26(36)23-18-14-20-34(23)28(38)24(21-15-11-10-12-16-21)33-29(39)40-30(3,4)5;1-3-2/h6-7,21-24H,1-2,8-20H2,3-5H3,(H,31,37)(H,32,36)(H,33,39);3H2,1-2H3/t22?,23-,24-;/m0./s1. The fraction of sp³-hybridized carbons (Fsp3) is 0.727. The van der Waals surface area contributed by atoms with Crippen LogP contribution in [-0.2, 0) is 23.9 Å². The highest BCUT2D eigenvalue weighted by atomic mass is 16.6. The van der Waals surface area contributed by atoms with Gasteiger partial charge in [-0.3, -0.25) is 19.2 Å². The number of carbonyl (C=O) groups excluding carboxylic acids is 5. The van der Waals surface area contributed by atoms with Crippen LogP contribution in [0.25, 0.3) is 0 Å². The summed E-state index contributed by atoms with van der Waals surface area (Å²) in [5.74, 6) is -2.32. The molecule has 3 N–H and O–H groups in total. The number of rotatable bonds is 14. The number of amides is 4. The molecule has 2 fully saturated rings. The van der Waals surface area contributed by atoms with E-state index in [-0.39, 0.29) is 18.2 Å². The predicted octanol–water partition coefficient (Wildman–Crippen LogP) is 4.97. The number of alkyl carbamates (subject to hydrolysis) is 1. The first-order valence-corrected chi connectivity index (χ1v) is 16.0. The molecule has 1 aliphatic carbocycles. The van der Waals surface area contributed by atoms with Gasteiger partial charge < -0.3 is 25.6 Å². The van der Waals surface area contributed by atoms with Crippen molar-refractivity contribution in [1.82, 2.24) is 20.9 Å². The number of ether oxygens (including phenoxy) is 1. The van der Waals surface area contributed by atoms with Crippen LogP contribution >= 0.6 is 0 Å². The minimum atomic E-state index is -1.03. The van der Waals surface area contributed by atoms with Gasteiger partial charge in [0.15, 0.2) is 0 Å². The Morgan fingerprint density at radius 2 is 1.56 bits per heavy atom. The highest BCUT2D eigenvalue weighted by molar-refractivity contribution is 6.38. The molecule has 43 heavy (non-hydrogen) atoms. The van der Waals surface area contributed by atoms with Crippen molar-refractivity contribution >= 4 is 29.6 Å². The molecule has 0 bridgehead atoms. The maximum Gasteiger partial charge on any atom is 0.408 e. The van der Waals surface area contributed by atoms with Crippen LogP contribution in [0, 0.1) is 5.92 Å². The number of hydrogen-bond acceptors (Lipinski definition) is 6. The molecule has 2 rings (SSSR count). The number of Topliss-reactive ketones (excluding diaryl/α,β-unsaturated/α-hetero) is 1. The number of nitrogens with one attached hydrogen (secondary N) is 3. The normalized spacial score (nSPS) is 18.3. The van der Waals surface area contributed by atoms with Crippen LogP contribution in [-0.4, -0.2) is 71.3 Å². The molecule has 0 aromatic heterocycles. The Kier molecular flexibility index (Phi) is 17.5. The highest BCUT2D eigenvalue weighted by Crippen LogP contribution is 2.29. The molecule has 10 nitrogen and oxygen atoms in total. The zero-order valence-electron chi connectivity index (χ0n) is 27.2. The Balaban J connectivity index is 0.00000295. The molecule has 0 aromatic rings. The van der Waals surface area contributed by atoms with Crippen molar-refractivity contribution in [1.29, 1.82) is 0 Å². The summed E-state index contributed by atoms with van der Waals surface area (Å²) in [6.45, 7) is 17.5. The molecule has 0 radical (unpaired) electrons. The van der Waals surface area contributed by atoms with Gasteiger partial charge in [-0.05, 0) is 78.1 Å². The molecule has 1 unspecified atom stereocenters. The summed E-state index contributed by atoms with van der Waals surface area (Å²) in [6.07, 6.45) is 11.6. The second-order valence-electron chi connectivity index (χ2n) is 12.4. The predicted molar refractivity (Wildman–Crippen MR) is 169 cm³/mol. The molecular weight excluding hydrogens is 548 g/mol. The van der Waals surface area contributed by atoms with Crippen molar-refractivity contribution in [3.05, 3.63) is 25.3 Å². The Labute approximate surface area is 258 Å². The topological polar surface area (TPSA) is 134 Å². The molecular formula is C33H56N4O6. The lowest BCUT2D eigenvalue weighted by atomic mass is 9.83. The zero-order chi connectivity index (χ0) is 32.4. The van der Waals surface area contributed by atoms with E-state index in [0.717, 1.165) is 32.1 Å². The van der Waals surface area contributed by atoms with Crippen LogP contribution < -0.4 is 16.0 Å². The number of allylic oxidation sites excluding steroid dienone is 2. The van der Waals surface area contributed by atoms with Crippen LogP contribution in [0.3, 0.4) is 0 Å². The second kappa shape index (κ2) is 19.9. The summed E-state index contributed by atoms with van der Waals surface area (Å²) in [5, 5.41) is 8.13. The van der Waals surface area contributed by atoms with E-state index in [1.165, 1.54) is 11.3 Å². The van der Waals surface area contributed by atoms with Crippen molar-refractivity contribution in [2.24, 2.45) is 5.92 Å². The number of nitrogens with zero attached hydrogens (tertiary/aromatic N) is 1. The van der Waals surface area contributed by atoms with Crippen molar-refractivity contribution in [2.75, 3.05) is 13.1 Å². The molecule has 10 heteroatoms. The van der Waals surface area contributed by atoms with Crippen molar-refractivity contribution in [2.45, 2.75) is 135 Å². The molecule has 2 aliphatic rings. The van der Waals surface area contributed by atoms with Gasteiger partial charge in [-0.15, -0.1) is 13.2 Å². The van der Waals surface area contributed by atoms with Crippen LogP contribution in [0.2, 0.25) is 0 Å². The SMILES string of the molecule is C=CCCCNC(=O)C(=O)C(CCC=C)NC(=O)[C@@H]1CCCN1C(=O)[C@@H](NC(=O)OC(C)(C)C)C1CCCCC1.CCC. The maximum atomic E-state index is 13.9. The lowest BCUT2D eigenvalue weighted by Gasteiger charge is -2.35. The van der Waals surface area contributed by atoms with E-state index < -0.39 is 47.4 Å². The highest BCUT2D eigenvalue weighted by Gasteiger charge is 2.42. The van der Waals surface area contributed by atoms with E-state index >= 15 is 0 Å². The smallest absolute Gasteiger partial charge is 0.408 e. The summed E-state index contributed by atoms with van der Waals surface area (Å²) >= 11 is 0. The summed E-state index contributed by atoms with van der Waals surface area (Å²) in [4.78, 5) is 66.8. The summed E-state index contributed by atoms with van der Waals surface area (Å²) in [6, 6.07) is -2.63. The van der Waals surface area contributed by atoms with Crippen LogP contribution in [0.1, 0.15) is 112 Å². The van der Waals surface area contributed by atoms with Crippen molar-refractivity contribution in [3.63, 3.8) is 0 Å².